The summed E-state index contributed by atoms with van der Waals surface area (Å²) < 4.78 is 11.9. The Morgan fingerprint density at radius 2 is 1.90 bits per heavy atom. The zero-order chi connectivity index (χ0) is 22.0. The minimum atomic E-state index is -0.370. The van der Waals surface area contributed by atoms with E-state index in [-0.39, 0.29) is 35.7 Å². The van der Waals surface area contributed by atoms with Gasteiger partial charge >= 0.3 is 6.03 Å². The van der Waals surface area contributed by atoms with E-state index < -0.39 is 0 Å². The van der Waals surface area contributed by atoms with Crippen LogP contribution >= 0.6 is 0 Å². The summed E-state index contributed by atoms with van der Waals surface area (Å²) in [5, 5.41) is 18.0. The Balaban J connectivity index is 1.35. The predicted octanol–water partition coefficient (Wildman–Crippen LogP) is 2.41. The van der Waals surface area contributed by atoms with Gasteiger partial charge in [-0.25, -0.2) is 14.8 Å². The van der Waals surface area contributed by atoms with Crippen molar-refractivity contribution in [2.24, 2.45) is 0 Å². The zero-order valence-electron chi connectivity index (χ0n) is 17.8. The van der Waals surface area contributed by atoms with Crippen LogP contribution in [0.2, 0.25) is 0 Å². The van der Waals surface area contributed by atoms with Gasteiger partial charge in [0.25, 0.3) is 0 Å². The molecule has 4 atom stereocenters. The van der Waals surface area contributed by atoms with E-state index >= 15 is 0 Å². The van der Waals surface area contributed by atoms with Crippen LogP contribution in [0.5, 0.6) is 0 Å². The van der Waals surface area contributed by atoms with Crippen LogP contribution in [-0.2, 0) is 14.9 Å². The van der Waals surface area contributed by atoms with E-state index in [0.717, 1.165) is 5.69 Å². The maximum absolute atomic E-state index is 12.4. The molecule has 0 aliphatic carbocycles. The van der Waals surface area contributed by atoms with Gasteiger partial charge in [-0.15, -0.1) is 0 Å². The Kier molecular flexibility index (Phi) is 5.76. The second-order valence-corrected chi connectivity index (χ2v) is 8.76. The fraction of sp³-hybridized carbons (Fsp3) is 0.455. The Morgan fingerprint density at radius 3 is 2.65 bits per heavy atom. The number of nitriles is 1. The average Bonchev–Trinajstić information content (AvgIpc) is 3.31. The molecule has 1 aromatic carbocycles. The number of ether oxygens (including phenoxy) is 2. The molecule has 2 amide bonds. The van der Waals surface area contributed by atoms with Crippen LogP contribution in [-0.4, -0.2) is 53.5 Å². The van der Waals surface area contributed by atoms with Crippen molar-refractivity contribution in [3.05, 3.63) is 47.8 Å². The van der Waals surface area contributed by atoms with Gasteiger partial charge in [0.15, 0.2) is 0 Å². The lowest BCUT2D eigenvalue weighted by Gasteiger charge is -2.21. The number of anilines is 2. The number of aromatic nitrogens is 2. The number of amides is 2. The number of urea groups is 1. The average molecular weight is 422 g/mol. The summed E-state index contributed by atoms with van der Waals surface area (Å²) in [6, 6.07) is 9.95. The van der Waals surface area contributed by atoms with Crippen molar-refractivity contribution in [3.63, 3.8) is 0 Å². The Hall–Kier alpha value is -3.22. The summed E-state index contributed by atoms with van der Waals surface area (Å²) in [6.45, 7) is 7.09. The van der Waals surface area contributed by atoms with Crippen molar-refractivity contribution in [2.45, 2.75) is 50.5 Å². The minimum Gasteiger partial charge on any atom is -0.371 e. The van der Waals surface area contributed by atoms with Crippen LogP contribution in [0.1, 0.15) is 32.0 Å². The summed E-state index contributed by atoms with van der Waals surface area (Å²) >= 11 is 0. The molecule has 0 bridgehead atoms. The van der Waals surface area contributed by atoms with Crippen molar-refractivity contribution in [2.75, 3.05) is 23.8 Å². The number of nitrogens with zero attached hydrogens (tertiary/aromatic N) is 3. The predicted molar refractivity (Wildman–Crippen MR) is 115 cm³/mol. The molecular weight excluding hydrogens is 396 g/mol. The molecule has 9 heteroatoms. The first-order chi connectivity index (χ1) is 14.8. The molecule has 162 valence electrons. The van der Waals surface area contributed by atoms with Gasteiger partial charge in [-0.05, 0) is 24.3 Å². The molecule has 0 unspecified atom stereocenters. The molecule has 2 aliphatic rings. The molecule has 0 radical (unpaired) electrons. The van der Waals surface area contributed by atoms with E-state index in [2.05, 4.69) is 52.8 Å². The van der Waals surface area contributed by atoms with Gasteiger partial charge < -0.3 is 25.4 Å². The molecule has 4 rings (SSSR count). The number of carbonyl (C=O) groups excluding carboxylic acids is 1. The largest absolute Gasteiger partial charge is 0.371 e. The van der Waals surface area contributed by atoms with Gasteiger partial charge in [-0.3, -0.25) is 0 Å². The number of hydrogen-bond donors (Lipinski definition) is 3. The topological polar surface area (TPSA) is 121 Å². The lowest BCUT2D eigenvalue weighted by atomic mass is 9.92. The van der Waals surface area contributed by atoms with Crippen LogP contribution in [0.3, 0.4) is 0 Å². The van der Waals surface area contributed by atoms with Crippen molar-refractivity contribution < 1.29 is 14.3 Å². The van der Waals surface area contributed by atoms with E-state index in [9.17, 15) is 4.79 Å². The highest BCUT2D eigenvalue weighted by Gasteiger charge is 2.48. The number of hydrogen-bond acceptors (Lipinski definition) is 7. The minimum absolute atomic E-state index is 0.0763. The lowest BCUT2D eigenvalue weighted by molar-refractivity contribution is 0.0683. The third kappa shape index (κ3) is 4.76. The smallest absolute Gasteiger partial charge is 0.319 e. The molecular formula is C22H26N6O3. The summed E-state index contributed by atoms with van der Waals surface area (Å²) in [5.41, 5.74) is 1.90. The highest BCUT2D eigenvalue weighted by Crippen LogP contribution is 2.29. The first-order valence-electron chi connectivity index (χ1n) is 10.2. The van der Waals surface area contributed by atoms with E-state index in [1.807, 2.05) is 6.07 Å². The maximum atomic E-state index is 12.4. The number of benzene rings is 1. The zero-order valence-corrected chi connectivity index (χ0v) is 17.8. The van der Waals surface area contributed by atoms with Crippen LogP contribution in [0.15, 0.2) is 36.5 Å². The van der Waals surface area contributed by atoms with Gasteiger partial charge in [0.2, 0.25) is 5.95 Å². The van der Waals surface area contributed by atoms with Gasteiger partial charge in [0.1, 0.15) is 12.2 Å². The summed E-state index contributed by atoms with van der Waals surface area (Å²) in [4.78, 5) is 21.3. The SMILES string of the molecule is CC(C)(C)c1ccnc(N[C@@H]2CO[C@@H]3[C@@H]2OC[C@@H]3NC(=O)Nc2cccc(C#N)c2)n1. The maximum Gasteiger partial charge on any atom is 0.319 e. The highest BCUT2D eigenvalue weighted by molar-refractivity contribution is 5.89. The van der Waals surface area contributed by atoms with Crippen molar-refractivity contribution in [1.82, 2.24) is 15.3 Å². The van der Waals surface area contributed by atoms with E-state index in [0.29, 0.717) is 30.4 Å². The Bertz CT molecular complexity index is 999. The Morgan fingerprint density at radius 1 is 1.16 bits per heavy atom. The quantitative estimate of drug-likeness (QED) is 0.692. The van der Waals surface area contributed by atoms with Gasteiger partial charge in [0, 0.05) is 17.3 Å². The van der Waals surface area contributed by atoms with Crippen LogP contribution in [0.25, 0.3) is 0 Å². The van der Waals surface area contributed by atoms with Crippen molar-refractivity contribution in [1.29, 1.82) is 5.26 Å². The van der Waals surface area contributed by atoms with Crippen LogP contribution in [0.4, 0.5) is 16.4 Å². The molecule has 3 N–H and O–H groups in total. The van der Waals surface area contributed by atoms with Crippen LogP contribution < -0.4 is 16.0 Å². The van der Waals surface area contributed by atoms with Gasteiger partial charge in [-0.1, -0.05) is 26.8 Å². The monoisotopic (exact) mass is 422 g/mol. The van der Waals surface area contributed by atoms with Gasteiger partial charge in [-0.2, -0.15) is 5.26 Å². The lowest BCUT2D eigenvalue weighted by Crippen LogP contribution is -2.46. The molecule has 0 saturated carbocycles. The van der Waals surface area contributed by atoms with E-state index in [1.165, 1.54) is 0 Å². The first-order valence-corrected chi connectivity index (χ1v) is 10.2. The molecule has 2 aliphatic heterocycles. The highest BCUT2D eigenvalue weighted by atomic mass is 16.6. The normalized spacial score (nSPS) is 24.8. The fourth-order valence-corrected chi connectivity index (χ4v) is 3.76. The first kappa shape index (κ1) is 21.0. The number of nitrogens with one attached hydrogen (secondary N) is 3. The number of carbonyl (C=O) groups is 1. The van der Waals surface area contributed by atoms with Crippen LogP contribution in [0, 0.1) is 11.3 Å². The second-order valence-electron chi connectivity index (χ2n) is 8.76. The van der Waals surface area contributed by atoms with Crippen molar-refractivity contribution >= 4 is 17.7 Å². The number of rotatable bonds is 4. The van der Waals surface area contributed by atoms with Gasteiger partial charge in [0.05, 0.1) is 42.6 Å². The summed E-state index contributed by atoms with van der Waals surface area (Å²) in [5.74, 6) is 0.539. The third-order valence-corrected chi connectivity index (χ3v) is 5.36. The standard InChI is InChI=1S/C22H26N6O3/c1-22(2,3)17-7-8-24-20(28-17)26-15-11-30-19-16(12-31-18(15)19)27-21(29)25-14-6-4-5-13(9-14)10-23/h4-9,15-16,18-19H,11-12H2,1-3H3,(H,24,26,28)(H2,25,27,29)/t15-,16+,18-,19+/m1/s1. The molecule has 0 spiro atoms. The fourth-order valence-electron chi connectivity index (χ4n) is 3.76. The molecule has 31 heavy (non-hydrogen) atoms. The summed E-state index contributed by atoms with van der Waals surface area (Å²) in [6.07, 6.45) is 1.27. The van der Waals surface area contributed by atoms with E-state index in [1.54, 1.807) is 30.5 Å². The summed E-state index contributed by atoms with van der Waals surface area (Å²) in [7, 11) is 0. The second kappa shape index (κ2) is 8.49. The molecule has 3 heterocycles. The third-order valence-electron chi connectivity index (χ3n) is 5.36. The molecule has 2 aromatic rings. The molecule has 2 saturated heterocycles. The number of fused-ring (bicyclic) bond motifs is 1. The molecule has 2 fully saturated rings. The molecule has 1 aromatic heterocycles. The van der Waals surface area contributed by atoms with E-state index in [4.69, 9.17) is 14.7 Å². The molecule has 9 nitrogen and oxygen atoms in total. The Labute approximate surface area is 181 Å². The van der Waals surface area contributed by atoms with Crippen molar-refractivity contribution in [3.8, 4) is 6.07 Å².